The lowest BCUT2D eigenvalue weighted by atomic mass is 10.0. The number of rotatable bonds is 3. The molecular weight excluding hydrogens is 264 g/mol. The van der Waals surface area contributed by atoms with Gasteiger partial charge in [-0.3, -0.25) is 4.79 Å². The van der Waals surface area contributed by atoms with Gasteiger partial charge < -0.3 is 4.74 Å². The molecule has 0 aliphatic heterocycles. The third-order valence-electron chi connectivity index (χ3n) is 2.84. The highest BCUT2D eigenvalue weighted by atomic mass is 16.6. The van der Waals surface area contributed by atoms with E-state index in [1.54, 1.807) is 32.9 Å². The zero-order chi connectivity index (χ0) is 15.5. The van der Waals surface area contributed by atoms with E-state index in [9.17, 15) is 9.59 Å². The van der Waals surface area contributed by atoms with Gasteiger partial charge in [0, 0.05) is 5.56 Å². The lowest BCUT2D eigenvalue weighted by molar-refractivity contribution is -0.148. The van der Waals surface area contributed by atoms with E-state index in [0.29, 0.717) is 5.56 Å². The van der Waals surface area contributed by atoms with Crippen LogP contribution in [-0.2, 0) is 9.53 Å². The highest BCUT2D eigenvalue weighted by molar-refractivity contribution is 6.40. The lowest BCUT2D eigenvalue weighted by Gasteiger charge is -2.18. The maximum Gasteiger partial charge on any atom is 0.380 e. The summed E-state index contributed by atoms with van der Waals surface area (Å²) in [7, 11) is 0. The van der Waals surface area contributed by atoms with E-state index >= 15 is 0 Å². The Morgan fingerprint density at radius 3 is 1.86 bits per heavy atom. The second kappa shape index (κ2) is 5.92. The van der Waals surface area contributed by atoms with E-state index in [-0.39, 0.29) is 0 Å². The third-order valence-corrected chi connectivity index (χ3v) is 2.84. The largest absolute Gasteiger partial charge is 0.454 e. The number of Topliss-reactive ketones (excluding diaryl/α,β-unsaturated/α-hetero) is 1. The van der Waals surface area contributed by atoms with Crippen LogP contribution < -0.4 is 0 Å². The molecule has 0 saturated heterocycles. The molecule has 0 aliphatic rings. The Morgan fingerprint density at radius 2 is 1.33 bits per heavy atom. The Hall–Kier alpha value is -2.42. The zero-order valence-corrected chi connectivity index (χ0v) is 12.4. The maximum atomic E-state index is 12.0. The number of esters is 1. The number of ether oxygens (including phenoxy) is 1. The maximum absolute atomic E-state index is 12.0. The molecule has 0 aliphatic carbocycles. The molecule has 0 aromatic heterocycles. The molecule has 0 unspecified atom stereocenters. The topological polar surface area (TPSA) is 43.4 Å². The first-order valence-corrected chi connectivity index (χ1v) is 6.80. The van der Waals surface area contributed by atoms with Gasteiger partial charge in [-0.05, 0) is 31.9 Å². The summed E-state index contributed by atoms with van der Waals surface area (Å²) in [6.45, 7) is 5.20. The highest BCUT2D eigenvalue weighted by Crippen LogP contribution is 2.20. The molecule has 0 heterocycles. The summed E-state index contributed by atoms with van der Waals surface area (Å²) in [5, 5.41) is 0. The molecule has 0 saturated carbocycles. The molecule has 108 valence electrons. The normalized spacial score (nSPS) is 11.0. The lowest BCUT2D eigenvalue weighted by Crippen LogP contribution is -2.28. The molecule has 0 fully saturated rings. The van der Waals surface area contributed by atoms with E-state index in [2.05, 4.69) is 0 Å². The molecule has 2 aromatic rings. The van der Waals surface area contributed by atoms with Gasteiger partial charge in [0.2, 0.25) is 0 Å². The number of benzene rings is 2. The Morgan fingerprint density at radius 1 is 0.810 bits per heavy atom. The predicted octanol–water partition coefficient (Wildman–Crippen LogP) is 3.88. The van der Waals surface area contributed by atoms with Gasteiger partial charge in [0.1, 0.15) is 5.60 Å². The highest BCUT2D eigenvalue weighted by Gasteiger charge is 2.23. The smallest absolute Gasteiger partial charge is 0.380 e. The first-order valence-electron chi connectivity index (χ1n) is 6.80. The number of hydrogen-bond acceptors (Lipinski definition) is 3. The second-order valence-electron chi connectivity index (χ2n) is 5.77. The monoisotopic (exact) mass is 282 g/mol. The summed E-state index contributed by atoms with van der Waals surface area (Å²) in [6.07, 6.45) is 0. The molecule has 0 radical (unpaired) electrons. The molecule has 0 bridgehead atoms. The first kappa shape index (κ1) is 15.0. The molecular formula is C18H18O3. The van der Waals surface area contributed by atoms with Gasteiger partial charge in [-0.15, -0.1) is 0 Å². The number of hydrogen-bond donors (Lipinski definition) is 0. The van der Waals surface area contributed by atoms with Crippen LogP contribution in [0.5, 0.6) is 0 Å². The van der Waals surface area contributed by atoms with Crippen LogP contribution in [0, 0.1) is 0 Å². The van der Waals surface area contributed by atoms with Crippen LogP contribution in [0.15, 0.2) is 54.6 Å². The molecule has 21 heavy (non-hydrogen) atoms. The van der Waals surface area contributed by atoms with Gasteiger partial charge in [-0.25, -0.2) is 4.79 Å². The fraction of sp³-hybridized carbons (Fsp3) is 0.222. The number of ketones is 1. The van der Waals surface area contributed by atoms with Gasteiger partial charge in [-0.1, -0.05) is 54.6 Å². The van der Waals surface area contributed by atoms with Crippen molar-refractivity contribution in [2.45, 2.75) is 26.4 Å². The average Bonchev–Trinajstić information content (AvgIpc) is 2.46. The third kappa shape index (κ3) is 4.02. The van der Waals surface area contributed by atoms with E-state index in [0.717, 1.165) is 11.1 Å². The van der Waals surface area contributed by atoms with E-state index in [1.165, 1.54) is 0 Å². The molecule has 2 rings (SSSR count). The number of carbonyl (C=O) groups excluding carboxylic acids is 2. The van der Waals surface area contributed by atoms with Crippen LogP contribution in [-0.4, -0.2) is 17.4 Å². The van der Waals surface area contributed by atoms with Crippen LogP contribution in [0.4, 0.5) is 0 Å². The van der Waals surface area contributed by atoms with Crippen molar-refractivity contribution in [1.29, 1.82) is 0 Å². The summed E-state index contributed by atoms with van der Waals surface area (Å²) >= 11 is 0. The second-order valence-corrected chi connectivity index (χ2v) is 5.77. The molecule has 3 heteroatoms. The molecule has 3 nitrogen and oxygen atoms in total. The van der Waals surface area contributed by atoms with Crippen LogP contribution in [0.1, 0.15) is 31.1 Å². The summed E-state index contributed by atoms with van der Waals surface area (Å²) in [5.74, 6) is -1.44. The van der Waals surface area contributed by atoms with Gasteiger partial charge in [0.05, 0.1) is 0 Å². The Labute approximate surface area is 124 Å². The zero-order valence-electron chi connectivity index (χ0n) is 12.4. The summed E-state index contributed by atoms with van der Waals surface area (Å²) < 4.78 is 5.08. The fourth-order valence-electron chi connectivity index (χ4n) is 1.89. The van der Waals surface area contributed by atoms with Crippen molar-refractivity contribution < 1.29 is 14.3 Å². The van der Waals surface area contributed by atoms with Crippen LogP contribution >= 0.6 is 0 Å². The summed E-state index contributed by atoms with van der Waals surface area (Å²) in [6, 6.07) is 16.8. The van der Waals surface area contributed by atoms with Crippen molar-refractivity contribution in [3.63, 3.8) is 0 Å². The summed E-state index contributed by atoms with van der Waals surface area (Å²) in [4.78, 5) is 23.7. The molecule has 0 amide bonds. The van der Waals surface area contributed by atoms with Crippen molar-refractivity contribution in [3.05, 3.63) is 60.2 Å². The van der Waals surface area contributed by atoms with Crippen LogP contribution in [0.2, 0.25) is 0 Å². The first-order chi connectivity index (χ1) is 9.87. The minimum absolute atomic E-state index is 0.337. The van der Waals surface area contributed by atoms with Crippen molar-refractivity contribution in [1.82, 2.24) is 0 Å². The van der Waals surface area contributed by atoms with Crippen molar-refractivity contribution in [2.24, 2.45) is 0 Å². The van der Waals surface area contributed by atoms with E-state index < -0.39 is 17.4 Å². The Balaban J connectivity index is 2.16. The Bertz CT molecular complexity index is 634. The van der Waals surface area contributed by atoms with Gasteiger partial charge in [0.25, 0.3) is 5.78 Å². The molecule has 2 aromatic carbocycles. The van der Waals surface area contributed by atoms with Gasteiger partial charge in [-0.2, -0.15) is 0 Å². The minimum Gasteiger partial charge on any atom is -0.454 e. The average molecular weight is 282 g/mol. The van der Waals surface area contributed by atoms with E-state index in [1.807, 2.05) is 42.5 Å². The number of carbonyl (C=O) groups is 2. The van der Waals surface area contributed by atoms with Crippen molar-refractivity contribution in [2.75, 3.05) is 0 Å². The van der Waals surface area contributed by atoms with Crippen molar-refractivity contribution >= 4 is 11.8 Å². The van der Waals surface area contributed by atoms with Crippen LogP contribution in [0.25, 0.3) is 11.1 Å². The van der Waals surface area contributed by atoms with Gasteiger partial charge >= 0.3 is 5.97 Å². The molecule has 0 spiro atoms. The standard InChI is InChI=1S/C18H18O3/c1-18(2,3)21-17(20)16(19)15-11-9-14(10-12-15)13-7-5-4-6-8-13/h4-12H,1-3H3. The Kier molecular flexibility index (Phi) is 4.22. The predicted molar refractivity (Wildman–Crippen MR) is 82.1 cm³/mol. The van der Waals surface area contributed by atoms with Crippen molar-refractivity contribution in [3.8, 4) is 11.1 Å². The van der Waals surface area contributed by atoms with Gasteiger partial charge in [0.15, 0.2) is 0 Å². The molecule has 0 atom stereocenters. The quantitative estimate of drug-likeness (QED) is 0.487. The minimum atomic E-state index is -0.824. The van der Waals surface area contributed by atoms with E-state index in [4.69, 9.17) is 4.74 Å². The SMILES string of the molecule is CC(C)(C)OC(=O)C(=O)c1ccc(-c2ccccc2)cc1. The van der Waals surface area contributed by atoms with Crippen LogP contribution in [0.3, 0.4) is 0 Å². The fourth-order valence-corrected chi connectivity index (χ4v) is 1.89. The molecule has 0 N–H and O–H groups in total. The summed E-state index contributed by atoms with van der Waals surface area (Å²) in [5.41, 5.74) is 1.73.